The van der Waals surface area contributed by atoms with E-state index in [-0.39, 0.29) is 11.3 Å². The lowest BCUT2D eigenvalue weighted by atomic mass is 9.86. The molecule has 0 saturated heterocycles. The third kappa shape index (κ3) is 4.86. The quantitative estimate of drug-likeness (QED) is 0.397. The summed E-state index contributed by atoms with van der Waals surface area (Å²) in [4.78, 5) is 12.2. The second kappa shape index (κ2) is 9.32. The van der Waals surface area contributed by atoms with Crippen molar-refractivity contribution < 1.29 is 9.53 Å². The van der Waals surface area contributed by atoms with Crippen molar-refractivity contribution in [1.29, 1.82) is 0 Å². The van der Waals surface area contributed by atoms with E-state index in [0.717, 1.165) is 5.56 Å². The van der Waals surface area contributed by atoms with Gasteiger partial charge in [0.15, 0.2) is 0 Å². The van der Waals surface area contributed by atoms with Crippen LogP contribution >= 0.6 is 0 Å². The van der Waals surface area contributed by atoms with Gasteiger partial charge in [-0.2, -0.15) is 0 Å². The minimum atomic E-state index is -0.400. The van der Waals surface area contributed by atoms with Crippen LogP contribution < -0.4 is 5.32 Å². The fraction of sp³-hybridized carbons (Fsp3) is 0.276. The fourth-order valence-corrected chi connectivity index (χ4v) is 4.10. The van der Waals surface area contributed by atoms with E-state index in [9.17, 15) is 4.79 Å². The maximum absolute atomic E-state index is 12.2. The summed E-state index contributed by atoms with van der Waals surface area (Å²) >= 11 is 0. The molecule has 32 heavy (non-hydrogen) atoms. The number of amides is 1. The molecule has 3 aromatic rings. The van der Waals surface area contributed by atoms with Gasteiger partial charge in [-0.25, -0.2) is 4.79 Å². The van der Waals surface area contributed by atoms with Crippen LogP contribution in [-0.4, -0.2) is 19.2 Å². The summed E-state index contributed by atoms with van der Waals surface area (Å²) < 4.78 is 5.56. The van der Waals surface area contributed by atoms with Gasteiger partial charge in [-0.15, -0.1) is 0 Å². The van der Waals surface area contributed by atoms with Crippen molar-refractivity contribution in [2.45, 2.75) is 38.5 Å². The van der Waals surface area contributed by atoms with Gasteiger partial charge < -0.3 is 10.1 Å². The van der Waals surface area contributed by atoms with Crippen LogP contribution in [0, 0.1) is 11.8 Å². The average molecular weight is 424 g/mol. The molecule has 0 radical (unpaired) electrons. The van der Waals surface area contributed by atoms with E-state index >= 15 is 0 Å². The molecule has 1 amide bonds. The molecule has 0 aliphatic heterocycles. The molecule has 1 aliphatic rings. The van der Waals surface area contributed by atoms with E-state index in [1.54, 1.807) is 0 Å². The van der Waals surface area contributed by atoms with Gasteiger partial charge in [0.25, 0.3) is 0 Å². The Kier molecular flexibility index (Phi) is 6.32. The molecule has 0 unspecified atom stereocenters. The minimum Gasteiger partial charge on any atom is -0.449 e. The molecule has 0 atom stereocenters. The molecule has 3 nitrogen and oxygen atoms in total. The summed E-state index contributed by atoms with van der Waals surface area (Å²) in [6.07, 6.45) is 0.174. The standard InChI is InChI=1S/C29H29NO2/c1-29(2,3)22-13-10-12-21(19-22)11-8-9-18-30-28(31)32-20-27-25-16-6-4-14-23(25)24-15-5-7-17-26(24)27/h4-7,10,12-17,19,27H,9,18,20H2,1-3H3,(H,30,31). The number of benzene rings is 3. The summed E-state index contributed by atoms with van der Waals surface area (Å²) in [5.41, 5.74) is 7.24. The predicted molar refractivity (Wildman–Crippen MR) is 130 cm³/mol. The van der Waals surface area contributed by atoms with E-state index in [1.165, 1.54) is 27.8 Å². The predicted octanol–water partition coefficient (Wildman–Crippen LogP) is 6.26. The molecule has 0 aromatic heterocycles. The Labute approximate surface area is 190 Å². The van der Waals surface area contributed by atoms with Crippen LogP contribution in [0.1, 0.15) is 55.4 Å². The molecule has 0 fully saturated rings. The van der Waals surface area contributed by atoms with Crippen molar-refractivity contribution in [3.05, 3.63) is 95.1 Å². The van der Waals surface area contributed by atoms with Gasteiger partial charge in [-0.1, -0.05) is 93.3 Å². The molecule has 3 heteroatoms. The SMILES string of the molecule is CC(C)(C)c1cccc(C#CCCNC(=O)OCC2c3ccccc3-c3ccccc32)c1. The molecule has 0 spiro atoms. The van der Waals surface area contributed by atoms with Gasteiger partial charge in [0.05, 0.1) is 0 Å². The number of rotatable bonds is 4. The molecule has 1 N–H and O–H groups in total. The van der Waals surface area contributed by atoms with Crippen molar-refractivity contribution in [3.63, 3.8) is 0 Å². The van der Waals surface area contributed by atoms with Crippen LogP contribution in [0.15, 0.2) is 72.8 Å². The van der Waals surface area contributed by atoms with Gasteiger partial charge in [0.2, 0.25) is 0 Å². The van der Waals surface area contributed by atoms with Crippen LogP contribution in [0.25, 0.3) is 11.1 Å². The van der Waals surface area contributed by atoms with Crippen molar-refractivity contribution in [1.82, 2.24) is 5.32 Å². The molecule has 0 saturated carbocycles. The molecular weight excluding hydrogens is 394 g/mol. The zero-order chi connectivity index (χ0) is 22.6. The smallest absolute Gasteiger partial charge is 0.407 e. The summed E-state index contributed by atoms with van der Waals surface area (Å²) in [5.74, 6) is 6.40. The Hall–Kier alpha value is -3.51. The highest BCUT2D eigenvalue weighted by atomic mass is 16.5. The minimum absolute atomic E-state index is 0.0723. The third-order valence-corrected chi connectivity index (χ3v) is 5.82. The Balaban J connectivity index is 1.28. The number of alkyl carbamates (subject to hydrolysis) is 1. The number of hydrogen-bond acceptors (Lipinski definition) is 2. The van der Waals surface area contributed by atoms with Gasteiger partial charge >= 0.3 is 6.09 Å². The van der Waals surface area contributed by atoms with Gasteiger partial charge in [-0.05, 0) is 45.4 Å². The van der Waals surface area contributed by atoms with E-state index in [0.29, 0.717) is 19.6 Å². The third-order valence-electron chi connectivity index (χ3n) is 5.82. The van der Waals surface area contributed by atoms with E-state index in [2.05, 4.69) is 74.3 Å². The monoisotopic (exact) mass is 423 g/mol. The molecule has 4 rings (SSSR count). The molecule has 1 aliphatic carbocycles. The summed E-state index contributed by atoms with van der Waals surface area (Å²) in [7, 11) is 0. The lowest BCUT2D eigenvalue weighted by molar-refractivity contribution is 0.143. The highest BCUT2D eigenvalue weighted by molar-refractivity contribution is 5.79. The fourth-order valence-electron chi connectivity index (χ4n) is 4.10. The van der Waals surface area contributed by atoms with Crippen molar-refractivity contribution in [2.75, 3.05) is 13.2 Å². The first-order valence-electron chi connectivity index (χ1n) is 11.1. The molecule has 162 valence electrons. The number of carbonyl (C=O) groups excluding carboxylic acids is 1. The van der Waals surface area contributed by atoms with Crippen molar-refractivity contribution >= 4 is 6.09 Å². The second-order valence-corrected chi connectivity index (χ2v) is 9.13. The maximum Gasteiger partial charge on any atom is 0.407 e. The lowest BCUT2D eigenvalue weighted by Crippen LogP contribution is -2.26. The zero-order valence-corrected chi connectivity index (χ0v) is 18.9. The number of hydrogen-bond donors (Lipinski definition) is 1. The number of ether oxygens (including phenoxy) is 1. The van der Waals surface area contributed by atoms with E-state index in [1.807, 2.05) is 36.4 Å². The maximum atomic E-state index is 12.2. The van der Waals surface area contributed by atoms with Crippen LogP contribution in [0.4, 0.5) is 4.79 Å². The summed E-state index contributed by atoms with van der Waals surface area (Å²) in [6.45, 7) is 7.36. The topological polar surface area (TPSA) is 38.3 Å². The van der Waals surface area contributed by atoms with E-state index in [4.69, 9.17) is 4.74 Å². The summed E-state index contributed by atoms with van der Waals surface area (Å²) in [6, 6.07) is 25.0. The van der Waals surface area contributed by atoms with Crippen LogP contribution in [-0.2, 0) is 10.2 Å². The summed E-state index contributed by atoms with van der Waals surface area (Å²) in [5, 5.41) is 2.81. The normalized spacial score (nSPS) is 12.3. The van der Waals surface area contributed by atoms with Crippen molar-refractivity contribution in [3.8, 4) is 23.0 Å². The number of fused-ring (bicyclic) bond motifs is 3. The Bertz CT molecular complexity index is 1130. The number of nitrogens with one attached hydrogen (secondary N) is 1. The van der Waals surface area contributed by atoms with Crippen LogP contribution in [0.3, 0.4) is 0 Å². The first kappa shape index (κ1) is 21.7. The van der Waals surface area contributed by atoms with Crippen LogP contribution in [0.5, 0.6) is 0 Å². The largest absolute Gasteiger partial charge is 0.449 e. The highest BCUT2D eigenvalue weighted by Crippen LogP contribution is 2.44. The Morgan fingerprint density at radius 2 is 1.59 bits per heavy atom. The Morgan fingerprint density at radius 3 is 2.25 bits per heavy atom. The molecular formula is C29H29NO2. The lowest BCUT2D eigenvalue weighted by Gasteiger charge is -2.18. The first-order valence-corrected chi connectivity index (χ1v) is 11.1. The van der Waals surface area contributed by atoms with Gasteiger partial charge in [0, 0.05) is 24.4 Å². The number of carbonyl (C=O) groups is 1. The first-order chi connectivity index (χ1) is 15.4. The second-order valence-electron chi connectivity index (χ2n) is 9.13. The average Bonchev–Trinajstić information content (AvgIpc) is 3.11. The molecule has 0 heterocycles. The van der Waals surface area contributed by atoms with E-state index < -0.39 is 6.09 Å². The highest BCUT2D eigenvalue weighted by Gasteiger charge is 2.28. The Morgan fingerprint density at radius 1 is 0.938 bits per heavy atom. The van der Waals surface area contributed by atoms with Crippen LogP contribution in [0.2, 0.25) is 0 Å². The van der Waals surface area contributed by atoms with Gasteiger partial charge in [-0.3, -0.25) is 0 Å². The molecule has 3 aromatic carbocycles. The van der Waals surface area contributed by atoms with Crippen molar-refractivity contribution in [2.24, 2.45) is 0 Å². The van der Waals surface area contributed by atoms with Gasteiger partial charge in [0.1, 0.15) is 6.61 Å². The zero-order valence-electron chi connectivity index (χ0n) is 18.9. The molecule has 0 bridgehead atoms.